The molecule has 8 heteroatoms. The third-order valence-corrected chi connectivity index (χ3v) is 6.68. The van der Waals surface area contributed by atoms with Crippen molar-refractivity contribution in [3.8, 4) is 0 Å². The maximum atomic E-state index is 12.3. The summed E-state index contributed by atoms with van der Waals surface area (Å²) in [7, 11) is 0. The molecule has 2 aromatic heterocycles. The van der Waals surface area contributed by atoms with Gasteiger partial charge in [-0.05, 0) is 43.7 Å². The standard InChI is InChI=1S/C20H29N5O2S/c1-15-8-10-24(11-9-15)19-22-23-20(25(19)13-17-7-4-12-27-17)28-14-18(26)21-16-5-2-3-6-16/h4,7,12,15-16H,2-3,5-6,8-11,13-14H2,1H3,(H,21,26). The lowest BCUT2D eigenvalue weighted by atomic mass is 10.00. The van der Waals surface area contributed by atoms with Crippen molar-refractivity contribution in [3.63, 3.8) is 0 Å². The number of piperidine rings is 1. The van der Waals surface area contributed by atoms with Crippen LogP contribution in [-0.2, 0) is 11.3 Å². The molecule has 152 valence electrons. The SMILES string of the molecule is CC1CCN(c2nnc(SCC(=O)NC3CCCC3)n2Cc2ccco2)CC1. The molecule has 7 nitrogen and oxygen atoms in total. The lowest BCUT2D eigenvalue weighted by molar-refractivity contribution is -0.119. The summed E-state index contributed by atoms with van der Waals surface area (Å²) in [5.41, 5.74) is 0. The number of nitrogens with one attached hydrogen (secondary N) is 1. The van der Waals surface area contributed by atoms with E-state index in [4.69, 9.17) is 4.42 Å². The molecule has 3 heterocycles. The topological polar surface area (TPSA) is 76.2 Å². The molecule has 1 N–H and O–H groups in total. The molecule has 2 aromatic rings. The van der Waals surface area contributed by atoms with Crippen LogP contribution in [0.15, 0.2) is 28.0 Å². The molecule has 1 aliphatic heterocycles. The Labute approximate surface area is 170 Å². The van der Waals surface area contributed by atoms with Crippen LogP contribution in [-0.4, -0.2) is 45.6 Å². The quantitative estimate of drug-likeness (QED) is 0.715. The van der Waals surface area contributed by atoms with Crippen molar-refractivity contribution in [2.45, 2.75) is 63.2 Å². The van der Waals surface area contributed by atoms with E-state index in [1.807, 2.05) is 12.1 Å². The van der Waals surface area contributed by atoms with Gasteiger partial charge >= 0.3 is 0 Å². The van der Waals surface area contributed by atoms with Gasteiger partial charge in [-0.15, -0.1) is 10.2 Å². The fourth-order valence-electron chi connectivity index (χ4n) is 4.00. The van der Waals surface area contributed by atoms with Crippen LogP contribution in [0.2, 0.25) is 0 Å². The molecule has 1 amide bonds. The van der Waals surface area contributed by atoms with Crippen molar-refractivity contribution in [2.75, 3.05) is 23.7 Å². The molecule has 2 fully saturated rings. The van der Waals surface area contributed by atoms with Crippen LogP contribution in [0.4, 0.5) is 5.95 Å². The van der Waals surface area contributed by atoms with E-state index < -0.39 is 0 Å². The minimum absolute atomic E-state index is 0.0813. The molecule has 2 aliphatic rings. The van der Waals surface area contributed by atoms with Crippen LogP contribution >= 0.6 is 11.8 Å². The Morgan fingerprint density at radius 1 is 1.25 bits per heavy atom. The van der Waals surface area contributed by atoms with Gasteiger partial charge in [0, 0.05) is 19.1 Å². The Hall–Kier alpha value is -1.96. The third kappa shape index (κ3) is 4.71. The first-order valence-corrected chi connectivity index (χ1v) is 11.3. The Morgan fingerprint density at radius 2 is 2.04 bits per heavy atom. The summed E-state index contributed by atoms with van der Waals surface area (Å²) in [4.78, 5) is 14.6. The van der Waals surface area contributed by atoms with Gasteiger partial charge < -0.3 is 14.6 Å². The first-order chi connectivity index (χ1) is 13.7. The Kier molecular flexibility index (Phi) is 6.24. The van der Waals surface area contributed by atoms with E-state index in [-0.39, 0.29) is 5.91 Å². The number of furan rings is 1. The Bertz CT molecular complexity index is 762. The Balaban J connectivity index is 1.45. The normalized spacial score (nSPS) is 18.7. The molecule has 1 saturated heterocycles. The van der Waals surface area contributed by atoms with Gasteiger partial charge in [0.1, 0.15) is 5.76 Å². The zero-order valence-corrected chi connectivity index (χ0v) is 17.3. The minimum Gasteiger partial charge on any atom is -0.467 e. The van der Waals surface area contributed by atoms with Gasteiger partial charge in [0.15, 0.2) is 5.16 Å². The molecule has 4 rings (SSSR count). The first kappa shape index (κ1) is 19.4. The van der Waals surface area contributed by atoms with E-state index in [0.29, 0.717) is 18.3 Å². The van der Waals surface area contributed by atoms with Crippen molar-refractivity contribution in [2.24, 2.45) is 5.92 Å². The molecule has 1 saturated carbocycles. The number of thioether (sulfide) groups is 1. The summed E-state index contributed by atoms with van der Waals surface area (Å²) in [5, 5.41) is 12.8. The molecule has 0 unspecified atom stereocenters. The molecule has 0 aromatic carbocycles. The zero-order chi connectivity index (χ0) is 19.3. The summed E-state index contributed by atoms with van der Waals surface area (Å²) in [6.45, 7) is 4.86. The van der Waals surface area contributed by atoms with Gasteiger partial charge in [-0.25, -0.2) is 0 Å². The fourth-order valence-corrected chi connectivity index (χ4v) is 4.74. The van der Waals surface area contributed by atoms with E-state index >= 15 is 0 Å². The summed E-state index contributed by atoms with van der Waals surface area (Å²) in [5.74, 6) is 2.94. The van der Waals surface area contributed by atoms with Gasteiger partial charge in [-0.1, -0.05) is 31.5 Å². The van der Waals surface area contributed by atoms with Crippen LogP contribution in [0.5, 0.6) is 0 Å². The van der Waals surface area contributed by atoms with Gasteiger partial charge in [0.25, 0.3) is 0 Å². The number of carbonyl (C=O) groups is 1. The third-order valence-electron chi connectivity index (χ3n) is 5.71. The summed E-state index contributed by atoms with van der Waals surface area (Å²) in [6, 6.07) is 4.20. The van der Waals surface area contributed by atoms with Gasteiger partial charge in [0.05, 0.1) is 18.6 Å². The summed E-state index contributed by atoms with van der Waals surface area (Å²) in [6.07, 6.45) is 8.65. The van der Waals surface area contributed by atoms with E-state index in [2.05, 4.69) is 31.9 Å². The first-order valence-electron chi connectivity index (χ1n) is 10.3. The molecule has 1 aliphatic carbocycles. The minimum atomic E-state index is 0.0813. The zero-order valence-electron chi connectivity index (χ0n) is 16.5. The second-order valence-corrected chi connectivity index (χ2v) is 8.90. The predicted octanol–water partition coefficient (Wildman–Crippen LogP) is 3.31. The number of hydrogen-bond donors (Lipinski definition) is 1. The number of carbonyl (C=O) groups excluding carboxylic acids is 1. The largest absolute Gasteiger partial charge is 0.467 e. The number of amides is 1. The highest BCUT2D eigenvalue weighted by Crippen LogP contribution is 2.27. The summed E-state index contributed by atoms with van der Waals surface area (Å²) >= 11 is 1.45. The molecule has 28 heavy (non-hydrogen) atoms. The highest BCUT2D eigenvalue weighted by atomic mass is 32.2. The van der Waals surface area contributed by atoms with E-state index in [1.165, 1.54) is 37.4 Å². The van der Waals surface area contributed by atoms with Crippen molar-refractivity contribution in [3.05, 3.63) is 24.2 Å². The van der Waals surface area contributed by atoms with Gasteiger partial charge in [-0.2, -0.15) is 0 Å². The van der Waals surface area contributed by atoms with E-state index in [9.17, 15) is 4.79 Å². The van der Waals surface area contributed by atoms with E-state index in [1.54, 1.807) is 6.26 Å². The maximum absolute atomic E-state index is 12.3. The van der Waals surface area contributed by atoms with Crippen molar-refractivity contribution >= 4 is 23.6 Å². The number of hydrogen-bond acceptors (Lipinski definition) is 6. The highest BCUT2D eigenvalue weighted by Gasteiger charge is 2.24. The molecule has 0 spiro atoms. The second kappa shape index (κ2) is 9.03. The predicted molar refractivity (Wildman–Crippen MR) is 110 cm³/mol. The average molecular weight is 404 g/mol. The van der Waals surface area contributed by atoms with Crippen molar-refractivity contribution < 1.29 is 9.21 Å². The monoisotopic (exact) mass is 403 g/mol. The van der Waals surface area contributed by atoms with Crippen LogP contribution < -0.4 is 10.2 Å². The highest BCUT2D eigenvalue weighted by molar-refractivity contribution is 7.99. The molecular formula is C20H29N5O2S. The lowest BCUT2D eigenvalue weighted by Crippen LogP contribution is -2.35. The van der Waals surface area contributed by atoms with Gasteiger partial charge in [0.2, 0.25) is 11.9 Å². The van der Waals surface area contributed by atoms with Crippen LogP contribution in [0, 0.1) is 5.92 Å². The average Bonchev–Trinajstić information content (AvgIpc) is 3.44. The van der Waals surface area contributed by atoms with Crippen molar-refractivity contribution in [1.82, 2.24) is 20.1 Å². The maximum Gasteiger partial charge on any atom is 0.230 e. The van der Waals surface area contributed by atoms with Crippen LogP contribution in [0.1, 0.15) is 51.2 Å². The Morgan fingerprint density at radius 3 is 2.75 bits per heavy atom. The number of nitrogens with zero attached hydrogens (tertiary/aromatic N) is 4. The molecular weight excluding hydrogens is 374 g/mol. The van der Waals surface area contributed by atoms with E-state index in [0.717, 1.165) is 48.7 Å². The lowest BCUT2D eigenvalue weighted by Gasteiger charge is -2.31. The molecule has 0 bridgehead atoms. The number of rotatable bonds is 7. The van der Waals surface area contributed by atoms with Crippen molar-refractivity contribution in [1.29, 1.82) is 0 Å². The second-order valence-electron chi connectivity index (χ2n) is 7.96. The smallest absolute Gasteiger partial charge is 0.230 e. The number of anilines is 1. The van der Waals surface area contributed by atoms with Gasteiger partial charge in [-0.3, -0.25) is 9.36 Å². The fraction of sp³-hybridized carbons (Fsp3) is 0.650. The molecule has 0 atom stereocenters. The van der Waals surface area contributed by atoms with Crippen LogP contribution in [0.25, 0.3) is 0 Å². The summed E-state index contributed by atoms with van der Waals surface area (Å²) < 4.78 is 7.64. The number of aromatic nitrogens is 3. The molecule has 0 radical (unpaired) electrons. The van der Waals surface area contributed by atoms with Crippen LogP contribution in [0.3, 0.4) is 0 Å².